The molecule has 0 bridgehead atoms. The number of aliphatic hydroxyl groups is 2. The van der Waals surface area contributed by atoms with Crippen LogP contribution in [0.15, 0.2) is 0 Å². The Bertz CT molecular complexity index is 374. The van der Waals surface area contributed by atoms with E-state index in [9.17, 15) is 5.11 Å². The molecule has 0 amide bonds. The first-order chi connectivity index (χ1) is 7.91. The average Bonchev–Trinajstić information content (AvgIpc) is 2.53. The van der Waals surface area contributed by atoms with Crippen molar-refractivity contribution >= 4 is 11.5 Å². The SMILES string of the molecule is CCCc1nn(C)c(NCC(C)(O)CO)c1N. The van der Waals surface area contributed by atoms with Gasteiger partial charge in [-0.25, -0.2) is 0 Å². The van der Waals surface area contributed by atoms with E-state index in [0.29, 0.717) is 11.5 Å². The fraction of sp³-hybridized carbons (Fsp3) is 0.727. The van der Waals surface area contributed by atoms with E-state index in [0.717, 1.165) is 18.5 Å². The smallest absolute Gasteiger partial charge is 0.147 e. The molecule has 0 fully saturated rings. The van der Waals surface area contributed by atoms with Crippen LogP contribution >= 0.6 is 0 Å². The van der Waals surface area contributed by atoms with E-state index >= 15 is 0 Å². The molecule has 0 aliphatic rings. The van der Waals surface area contributed by atoms with E-state index in [1.807, 2.05) is 0 Å². The normalized spacial score (nSPS) is 14.6. The lowest BCUT2D eigenvalue weighted by molar-refractivity contribution is 0.0131. The Morgan fingerprint density at radius 1 is 1.53 bits per heavy atom. The van der Waals surface area contributed by atoms with Gasteiger partial charge < -0.3 is 21.3 Å². The Hall–Kier alpha value is -1.27. The summed E-state index contributed by atoms with van der Waals surface area (Å²) < 4.78 is 1.66. The minimum atomic E-state index is -1.17. The first-order valence-corrected chi connectivity index (χ1v) is 5.79. The van der Waals surface area contributed by atoms with E-state index in [4.69, 9.17) is 10.8 Å². The standard InChI is InChI=1S/C11H22N4O2/c1-4-5-8-9(12)10(15(3)14-8)13-6-11(2,17)7-16/h13,16-17H,4-7,12H2,1-3H3. The second kappa shape index (κ2) is 5.37. The molecule has 1 rings (SSSR count). The summed E-state index contributed by atoms with van der Waals surface area (Å²) in [5, 5.41) is 26.0. The molecule has 5 N–H and O–H groups in total. The van der Waals surface area contributed by atoms with Crippen LogP contribution in [0.4, 0.5) is 11.5 Å². The highest BCUT2D eigenvalue weighted by atomic mass is 16.3. The van der Waals surface area contributed by atoms with Crippen molar-refractivity contribution in [3.63, 3.8) is 0 Å². The molecule has 0 aliphatic carbocycles. The first kappa shape index (κ1) is 13.8. The molecule has 17 heavy (non-hydrogen) atoms. The summed E-state index contributed by atoms with van der Waals surface area (Å²) in [5.74, 6) is 0.683. The van der Waals surface area contributed by atoms with E-state index in [1.165, 1.54) is 0 Å². The topological polar surface area (TPSA) is 96.3 Å². The quantitative estimate of drug-likeness (QED) is 0.568. The Kier molecular flexibility index (Phi) is 4.36. The molecule has 6 nitrogen and oxygen atoms in total. The van der Waals surface area contributed by atoms with Crippen LogP contribution in [0.3, 0.4) is 0 Å². The zero-order valence-electron chi connectivity index (χ0n) is 10.7. The van der Waals surface area contributed by atoms with Gasteiger partial charge in [-0.05, 0) is 13.3 Å². The summed E-state index contributed by atoms with van der Waals surface area (Å²) >= 11 is 0. The highest BCUT2D eigenvalue weighted by Crippen LogP contribution is 2.23. The van der Waals surface area contributed by atoms with Crippen LogP contribution in [0.25, 0.3) is 0 Å². The number of hydrogen-bond donors (Lipinski definition) is 4. The third-order valence-electron chi connectivity index (χ3n) is 2.62. The molecule has 1 unspecified atom stereocenters. The largest absolute Gasteiger partial charge is 0.394 e. The van der Waals surface area contributed by atoms with Crippen molar-refractivity contribution in [1.29, 1.82) is 0 Å². The minimum absolute atomic E-state index is 0.221. The second-order valence-electron chi connectivity index (χ2n) is 4.59. The molecule has 0 saturated heterocycles. The van der Waals surface area contributed by atoms with Crippen LogP contribution in [0, 0.1) is 0 Å². The maximum Gasteiger partial charge on any atom is 0.147 e. The molecular formula is C11H22N4O2. The molecule has 0 saturated carbocycles. The van der Waals surface area contributed by atoms with Gasteiger partial charge in [0.2, 0.25) is 0 Å². The fourth-order valence-corrected chi connectivity index (χ4v) is 1.56. The summed E-state index contributed by atoms with van der Waals surface area (Å²) in [6.45, 7) is 3.54. The maximum absolute atomic E-state index is 9.69. The van der Waals surface area contributed by atoms with Crippen LogP contribution in [0.5, 0.6) is 0 Å². The molecule has 1 aromatic rings. The fourth-order valence-electron chi connectivity index (χ4n) is 1.56. The van der Waals surface area contributed by atoms with Crippen molar-refractivity contribution in [1.82, 2.24) is 9.78 Å². The summed E-state index contributed by atoms with van der Waals surface area (Å²) in [5.41, 5.74) is 6.28. The van der Waals surface area contributed by atoms with Gasteiger partial charge >= 0.3 is 0 Å². The van der Waals surface area contributed by atoms with Gasteiger partial charge in [0.15, 0.2) is 0 Å². The molecule has 1 heterocycles. The number of nitrogens with zero attached hydrogens (tertiary/aromatic N) is 2. The molecule has 0 aliphatic heterocycles. The molecule has 98 valence electrons. The third-order valence-corrected chi connectivity index (χ3v) is 2.62. The number of aliphatic hydroxyl groups excluding tert-OH is 1. The third kappa shape index (κ3) is 3.34. The average molecular weight is 242 g/mol. The van der Waals surface area contributed by atoms with Gasteiger partial charge in [0.05, 0.1) is 18.0 Å². The number of anilines is 2. The molecule has 0 aromatic carbocycles. The van der Waals surface area contributed by atoms with Crippen molar-refractivity contribution in [2.75, 3.05) is 24.2 Å². The number of rotatable bonds is 6. The van der Waals surface area contributed by atoms with E-state index in [1.54, 1.807) is 18.7 Å². The van der Waals surface area contributed by atoms with E-state index in [-0.39, 0.29) is 13.2 Å². The Labute approximate surface area is 101 Å². The van der Waals surface area contributed by atoms with Crippen molar-refractivity contribution < 1.29 is 10.2 Å². The molecule has 0 radical (unpaired) electrons. The lowest BCUT2D eigenvalue weighted by Gasteiger charge is -2.21. The van der Waals surface area contributed by atoms with Gasteiger partial charge in [-0.3, -0.25) is 4.68 Å². The van der Waals surface area contributed by atoms with Crippen LogP contribution < -0.4 is 11.1 Å². The van der Waals surface area contributed by atoms with Gasteiger partial charge in [0, 0.05) is 13.6 Å². The van der Waals surface area contributed by atoms with Gasteiger partial charge in [-0.2, -0.15) is 5.10 Å². The highest BCUT2D eigenvalue weighted by molar-refractivity contribution is 5.65. The number of aromatic nitrogens is 2. The van der Waals surface area contributed by atoms with E-state index < -0.39 is 5.60 Å². The predicted octanol–water partition coefficient (Wildman–Crippen LogP) is 0.110. The predicted molar refractivity (Wildman–Crippen MR) is 67.8 cm³/mol. The summed E-state index contributed by atoms with van der Waals surface area (Å²) in [6.07, 6.45) is 1.81. The molecule has 6 heteroatoms. The number of nitrogens with two attached hydrogens (primary N) is 1. The Morgan fingerprint density at radius 2 is 2.18 bits per heavy atom. The lowest BCUT2D eigenvalue weighted by atomic mass is 10.1. The number of hydrogen-bond acceptors (Lipinski definition) is 5. The second-order valence-corrected chi connectivity index (χ2v) is 4.59. The van der Waals surface area contributed by atoms with Crippen LogP contribution in [-0.4, -0.2) is 38.7 Å². The van der Waals surface area contributed by atoms with Crippen molar-refractivity contribution in [2.24, 2.45) is 7.05 Å². The summed E-state index contributed by atoms with van der Waals surface area (Å²) in [6, 6.07) is 0. The zero-order valence-corrected chi connectivity index (χ0v) is 10.7. The van der Waals surface area contributed by atoms with Gasteiger partial charge in [0.1, 0.15) is 11.4 Å². The van der Waals surface area contributed by atoms with E-state index in [2.05, 4.69) is 17.3 Å². The Balaban J connectivity index is 2.77. The number of nitrogen functional groups attached to an aromatic ring is 1. The first-order valence-electron chi connectivity index (χ1n) is 5.79. The van der Waals surface area contributed by atoms with Gasteiger partial charge in [-0.1, -0.05) is 13.3 Å². The minimum Gasteiger partial charge on any atom is -0.394 e. The molecular weight excluding hydrogens is 220 g/mol. The monoisotopic (exact) mass is 242 g/mol. The number of aryl methyl sites for hydroxylation is 2. The molecule has 1 aromatic heterocycles. The van der Waals surface area contributed by atoms with Crippen molar-refractivity contribution in [3.8, 4) is 0 Å². The van der Waals surface area contributed by atoms with Crippen molar-refractivity contribution in [2.45, 2.75) is 32.3 Å². The summed E-state index contributed by atoms with van der Waals surface area (Å²) in [7, 11) is 1.80. The van der Waals surface area contributed by atoms with Crippen molar-refractivity contribution in [3.05, 3.63) is 5.69 Å². The maximum atomic E-state index is 9.69. The van der Waals surface area contributed by atoms with Crippen LogP contribution in [0.1, 0.15) is 26.0 Å². The Morgan fingerprint density at radius 3 is 2.71 bits per heavy atom. The van der Waals surface area contributed by atoms with Gasteiger partial charge in [0.25, 0.3) is 0 Å². The van der Waals surface area contributed by atoms with Gasteiger partial charge in [-0.15, -0.1) is 0 Å². The molecule has 1 atom stereocenters. The highest BCUT2D eigenvalue weighted by Gasteiger charge is 2.20. The van der Waals surface area contributed by atoms with Crippen LogP contribution in [0.2, 0.25) is 0 Å². The number of nitrogens with one attached hydrogen (secondary N) is 1. The zero-order chi connectivity index (χ0) is 13.1. The van der Waals surface area contributed by atoms with Crippen LogP contribution in [-0.2, 0) is 13.5 Å². The summed E-state index contributed by atoms with van der Waals surface area (Å²) in [4.78, 5) is 0. The lowest BCUT2D eigenvalue weighted by Crippen LogP contribution is -2.37. The molecule has 0 spiro atoms.